The minimum atomic E-state index is -4.49. The second kappa shape index (κ2) is 10.2. The predicted octanol–water partition coefficient (Wildman–Crippen LogP) is 4.51. The largest absolute Gasteiger partial charge is 0.510 e. The van der Waals surface area contributed by atoms with Crippen molar-refractivity contribution in [3.63, 3.8) is 0 Å². The second-order valence-corrected chi connectivity index (χ2v) is 8.62. The molecule has 1 aromatic carbocycles. The zero-order valence-electron chi connectivity index (χ0n) is 18.1. The summed E-state index contributed by atoms with van der Waals surface area (Å²) in [6.45, 7) is 3.17. The van der Waals surface area contributed by atoms with Gasteiger partial charge in [0.25, 0.3) is 0 Å². The lowest BCUT2D eigenvalue weighted by molar-refractivity contribution is -0.153. The Bertz CT molecular complexity index is 1160. The van der Waals surface area contributed by atoms with Gasteiger partial charge < -0.3 is 14.2 Å². The van der Waals surface area contributed by atoms with Gasteiger partial charge >= 0.3 is 12.3 Å². The highest BCUT2D eigenvalue weighted by molar-refractivity contribution is 7.84. The van der Waals surface area contributed by atoms with Gasteiger partial charge in [0.15, 0.2) is 13.3 Å². The first-order valence-corrected chi connectivity index (χ1v) is 11.2. The molecule has 0 fully saturated rings. The number of carbonyl (C=O) groups excluding carboxylic acids is 1. The summed E-state index contributed by atoms with van der Waals surface area (Å²) < 4.78 is 67.1. The summed E-state index contributed by atoms with van der Waals surface area (Å²) in [5, 5.41) is 0.122. The van der Waals surface area contributed by atoms with E-state index in [1.54, 1.807) is 45.0 Å². The Kier molecular flexibility index (Phi) is 7.57. The van der Waals surface area contributed by atoms with E-state index < -0.39 is 29.7 Å². The van der Waals surface area contributed by atoms with Gasteiger partial charge in [0, 0.05) is 11.8 Å². The normalized spacial score (nSPS) is 12.7. The van der Waals surface area contributed by atoms with Gasteiger partial charge in [0.1, 0.15) is 5.75 Å². The van der Waals surface area contributed by atoms with Gasteiger partial charge in [-0.05, 0) is 39.0 Å². The van der Waals surface area contributed by atoms with Crippen molar-refractivity contribution in [2.75, 3.05) is 6.61 Å². The van der Waals surface area contributed by atoms with Gasteiger partial charge in [0.2, 0.25) is 5.16 Å². The molecule has 0 spiro atoms. The molecule has 178 valence electrons. The van der Waals surface area contributed by atoms with E-state index in [9.17, 15) is 22.2 Å². The maximum Gasteiger partial charge on any atom is 0.510 e. The van der Waals surface area contributed by atoms with E-state index in [2.05, 4.69) is 9.97 Å². The molecule has 1 atom stereocenters. The predicted molar refractivity (Wildman–Crippen MR) is 113 cm³/mol. The van der Waals surface area contributed by atoms with Crippen molar-refractivity contribution < 1.29 is 36.4 Å². The zero-order chi connectivity index (χ0) is 24.2. The van der Waals surface area contributed by atoms with Crippen LogP contribution in [0, 0.1) is 6.92 Å². The third-order valence-electron chi connectivity index (χ3n) is 4.38. The van der Waals surface area contributed by atoms with Crippen molar-refractivity contribution in [2.45, 2.75) is 50.7 Å². The highest BCUT2D eigenvalue weighted by atomic mass is 32.2. The Morgan fingerprint density at radius 3 is 2.64 bits per heavy atom. The van der Waals surface area contributed by atoms with Crippen LogP contribution in [0.15, 0.2) is 41.7 Å². The fourth-order valence-corrected chi connectivity index (χ4v) is 4.17. The first-order chi connectivity index (χ1) is 15.5. The maximum atomic E-state index is 13.2. The molecule has 2 aromatic heterocycles. The van der Waals surface area contributed by atoms with Gasteiger partial charge in [-0.3, -0.25) is 13.8 Å². The van der Waals surface area contributed by atoms with Gasteiger partial charge in [-0.2, -0.15) is 13.2 Å². The van der Waals surface area contributed by atoms with Crippen LogP contribution in [0.25, 0.3) is 11.0 Å². The number of imidazole rings is 1. The molecule has 0 saturated carbocycles. The second-order valence-electron chi connectivity index (χ2n) is 7.28. The van der Waals surface area contributed by atoms with Crippen LogP contribution in [0.3, 0.4) is 0 Å². The first kappa shape index (κ1) is 24.5. The average molecular weight is 485 g/mol. The third kappa shape index (κ3) is 6.44. The zero-order valence-corrected chi connectivity index (χ0v) is 18.9. The molecule has 0 radical (unpaired) electrons. The highest BCUT2D eigenvalue weighted by Crippen LogP contribution is 2.26. The molecular weight excluding hydrogens is 463 g/mol. The van der Waals surface area contributed by atoms with Gasteiger partial charge in [-0.1, -0.05) is 12.1 Å². The van der Waals surface area contributed by atoms with Crippen molar-refractivity contribution in [1.29, 1.82) is 0 Å². The van der Waals surface area contributed by atoms with E-state index in [0.717, 1.165) is 0 Å². The van der Waals surface area contributed by atoms with Crippen molar-refractivity contribution in [3.8, 4) is 5.75 Å². The molecular formula is C21H22F3N3O5S. The molecule has 1 unspecified atom stereocenters. The number of hydrogen-bond acceptors (Lipinski definition) is 7. The lowest BCUT2D eigenvalue weighted by atomic mass is 10.2. The van der Waals surface area contributed by atoms with Gasteiger partial charge in [0.05, 0.1) is 39.4 Å². The molecule has 8 nitrogen and oxygen atoms in total. The molecule has 0 aliphatic carbocycles. The minimum Gasteiger partial charge on any atom is -0.484 e. The molecule has 0 saturated heterocycles. The topological polar surface area (TPSA) is 92.5 Å². The summed E-state index contributed by atoms with van der Waals surface area (Å²) in [7, 11) is -1.76. The van der Waals surface area contributed by atoms with Crippen molar-refractivity contribution in [2.24, 2.45) is 0 Å². The van der Waals surface area contributed by atoms with Crippen molar-refractivity contribution in [1.82, 2.24) is 14.5 Å². The fourth-order valence-electron chi connectivity index (χ4n) is 2.90. The van der Waals surface area contributed by atoms with Gasteiger partial charge in [-0.15, -0.1) is 0 Å². The molecule has 0 aliphatic heterocycles. The van der Waals surface area contributed by atoms with Crippen LogP contribution in [0.4, 0.5) is 18.0 Å². The summed E-state index contributed by atoms with van der Waals surface area (Å²) in [4.78, 5) is 20.3. The van der Waals surface area contributed by atoms with Crippen molar-refractivity contribution in [3.05, 3.63) is 47.8 Å². The maximum absolute atomic E-state index is 13.2. The quantitative estimate of drug-likeness (QED) is 0.434. The molecule has 0 aliphatic rings. The summed E-state index contributed by atoms with van der Waals surface area (Å²) in [6.07, 6.45) is -4.45. The number of fused-ring (bicyclic) bond motifs is 1. The molecule has 0 bridgehead atoms. The number of carbonyl (C=O) groups is 1. The SMILES string of the molecule is Cc1c(OCC(F)(F)F)ccnc1CS(=O)c1nc2ccccc2n1COC(=O)OC(C)C. The summed E-state index contributed by atoms with van der Waals surface area (Å²) >= 11 is 0. The van der Waals surface area contributed by atoms with Crippen LogP contribution in [-0.2, 0) is 32.8 Å². The summed E-state index contributed by atoms with van der Waals surface area (Å²) in [5.74, 6) is -0.128. The van der Waals surface area contributed by atoms with E-state index in [1.165, 1.54) is 16.8 Å². The smallest absolute Gasteiger partial charge is 0.484 e. The minimum absolute atomic E-state index is 0.00240. The number of para-hydroxylation sites is 2. The lowest BCUT2D eigenvalue weighted by Gasteiger charge is -2.14. The number of ether oxygens (including phenoxy) is 3. The summed E-state index contributed by atoms with van der Waals surface area (Å²) in [6, 6.07) is 8.28. The number of benzene rings is 1. The van der Waals surface area contributed by atoms with E-state index in [4.69, 9.17) is 14.2 Å². The van der Waals surface area contributed by atoms with Crippen LogP contribution in [0.1, 0.15) is 25.1 Å². The van der Waals surface area contributed by atoms with E-state index >= 15 is 0 Å². The number of aromatic nitrogens is 3. The Balaban J connectivity index is 1.85. The van der Waals surface area contributed by atoms with E-state index in [1.807, 2.05) is 0 Å². The number of rotatable bonds is 8. The molecule has 0 amide bonds. The van der Waals surface area contributed by atoms with Crippen LogP contribution in [-0.4, -0.2) is 43.8 Å². The number of halogens is 3. The molecule has 3 rings (SSSR count). The van der Waals surface area contributed by atoms with E-state index in [-0.39, 0.29) is 29.5 Å². The summed E-state index contributed by atoms with van der Waals surface area (Å²) in [5.41, 5.74) is 1.76. The standard InChI is InChI=1S/C21H22F3N3O5S/c1-13(2)32-20(28)31-12-27-17-7-5-4-6-15(17)26-19(27)33(29)10-16-14(3)18(8-9-25-16)30-11-21(22,23)24/h4-9,13H,10-12H2,1-3H3. The Morgan fingerprint density at radius 2 is 1.94 bits per heavy atom. The number of pyridine rings is 1. The van der Waals surface area contributed by atoms with Crippen LogP contribution < -0.4 is 4.74 Å². The van der Waals surface area contributed by atoms with E-state index in [0.29, 0.717) is 22.3 Å². The van der Waals surface area contributed by atoms with Gasteiger partial charge in [-0.25, -0.2) is 9.78 Å². The highest BCUT2D eigenvalue weighted by Gasteiger charge is 2.29. The molecule has 33 heavy (non-hydrogen) atoms. The van der Waals surface area contributed by atoms with Crippen LogP contribution in [0.5, 0.6) is 5.75 Å². The Hall–Kier alpha value is -3.15. The average Bonchev–Trinajstić information content (AvgIpc) is 3.10. The molecule has 12 heteroatoms. The number of nitrogens with zero attached hydrogens (tertiary/aromatic N) is 3. The Morgan fingerprint density at radius 1 is 1.21 bits per heavy atom. The lowest BCUT2D eigenvalue weighted by Crippen LogP contribution is -2.20. The first-order valence-electron chi connectivity index (χ1n) is 9.86. The fraction of sp³-hybridized carbons (Fsp3) is 0.381. The third-order valence-corrected chi connectivity index (χ3v) is 5.64. The van der Waals surface area contributed by atoms with Crippen LogP contribution in [0.2, 0.25) is 0 Å². The van der Waals surface area contributed by atoms with Crippen LogP contribution >= 0.6 is 0 Å². The van der Waals surface area contributed by atoms with Crippen molar-refractivity contribution >= 4 is 28.0 Å². The molecule has 2 heterocycles. The number of hydrogen-bond donors (Lipinski definition) is 0. The Labute approximate surface area is 190 Å². The monoisotopic (exact) mass is 485 g/mol. The molecule has 0 N–H and O–H groups in total. The molecule has 3 aromatic rings. The number of alkyl halides is 3.